The van der Waals surface area contributed by atoms with E-state index in [0.29, 0.717) is 5.92 Å². The van der Waals surface area contributed by atoms with Crippen molar-refractivity contribution >= 4 is 16.5 Å². The molecule has 3 aromatic rings. The van der Waals surface area contributed by atoms with E-state index in [1.807, 2.05) is 0 Å². The number of nitriles is 1. The van der Waals surface area contributed by atoms with Gasteiger partial charge in [-0.15, -0.1) is 0 Å². The van der Waals surface area contributed by atoms with Crippen molar-refractivity contribution in [1.82, 2.24) is 0 Å². The Labute approximate surface area is 199 Å². The van der Waals surface area contributed by atoms with Crippen LogP contribution in [0.5, 0.6) is 0 Å². The van der Waals surface area contributed by atoms with Crippen LogP contribution in [-0.2, 0) is 0 Å². The average Bonchev–Trinajstić information content (AvgIpc) is 2.83. The van der Waals surface area contributed by atoms with Crippen LogP contribution in [0.1, 0.15) is 70.4 Å². The minimum absolute atomic E-state index is 0.372. The molecule has 1 atom stereocenters. The first-order valence-corrected chi connectivity index (χ1v) is 12.4. The number of fused-ring (bicyclic) bond motifs is 1. The van der Waals surface area contributed by atoms with Crippen molar-refractivity contribution in [3.8, 4) is 17.2 Å². The van der Waals surface area contributed by atoms with Gasteiger partial charge in [0.15, 0.2) is 0 Å². The summed E-state index contributed by atoms with van der Waals surface area (Å²) >= 11 is 0. The summed E-state index contributed by atoms with van der Waals surface area (Å²) in [6, 6.07) is 22.3. The molecule has 1 saturated heterocycles. The molecule has 0 N–H and O–H groups in total. The molecule has 3 aromatic carbocycles. The smallest absolute Gasteiger partial charge is 0.101 e. The summed E-state index contributed by atoms with van der Waals surface area (Å²) in [5.74, 6) is 1.13. The van der Waals surface area contributed by atoms with Crippen LogP contribution < -0.4 is 4.90 Å². The average molecular weight is 437 g/mol. The van der Waals surface area contributed by atoms with Crippen LogP contribution in [0.3, 0.4) is 0 Å². The lowest BCUT2D eigenvalue weighted by molar-refractivity contribution is 0.438. The fraction of sp³-hybridized carbons (Fsp3) is 0.387. The van der Waals surface area contributed by atoms with E-state index in [1.54, 1.807) is 0 Å². The van der Waals surface area contributed by atoms with E-state index in [2.05, 4.69) is 99.3 Å². The Morgan fingerprint density at radius 2 is 1.79 bits per heavy atom. The molecule has 0 bridgehead atoms. The van der Waals surface area contributed by atoms with Crippen LogP contribution in [0.2, 0.25) is 0 Å². The third kappa shape index (κ3) is 5.14. The van der Waals surface area contributed by atoms with Gasteiger partial charge in [0.25, 0.3) is 0 Å². The van der Waals surface area contributed by atoms with Crippen molar-refractivity contribution in [2.45, 2.75) is 59.3 Å². The van der Waals surface area contributed by atoms with E-state index in [1.165, 1.54) is 45.9 Å². The van der Waals surface area contributed by atoms with Crippen molar-refractivity contribution in [3.05, 3.63) is 77.4 Å². The van der Waals surface area contributed by atoms with Gasteiger partial charge in [0.1, 0.15) is 6.07 Å². The monoisotopic (exact) mass is 436 g/mol. The molecule has 1 aliphatic heterocycles. The molecule has 1 fully saturated rings. The minimum atomic E-state index is 0.372. The highest BCUT2D eigenvalue weighted by Gasteiger charge is 2.23. The maximum absolute atomic E-state index is 10.1. The van der Waals surface area contributed by atoms with Gasteiger partial charge in [0.2, 0.25) is 0 Å². The fourth-order valence-corrected chi connectivity index (χ4v) is 5.08. The number of benzene rings is 3. The number of nitrogens with zero attached hydrogens (tertiary/aromatic N) is 2. The van der Waals surface area contributed by atoms with Crippen LogP contribution in [0, 0.1) is 17.2 Å². The molecule has 2 heteroatoms. The molecular weight excluding hydrogens is 400 g/mol. The van der Waals surface area contributed by atoms with Gasteiger partial charge in [-0.3, -0.25) is 0 Å². The highest BCUT2D eigenvalue weighted by molar-refractivity contribution is 5.98. The molecule has 0 unspecified atom stereocenters. The van der Waals surface area contributed by atoms with Gasteiger partial charge in [-0.05, 0) is 91.0 Å². The van der Waals surface area contributed by atoms with Gasteiger partial charge >= 0.3 is 0 Å². The van der Waals surface area contributed by atoms with Gasteiger partial charge in [-0.1, -0.05) is 68.0 Å². The lowest BCUT2D eigenvalue weighted by Gasteiger charge is -2.33. The zero-order valence-electron chi connectivity index (χ0n) is 20.6. The highest BCUT2D eigenvalue weighted by atomic mass is 15.1. The first-order valence-electron chi connectivity index (χ1n) is 12.4. The fourth-order valence-electron chi connectivity index (χ4n) is 5.08. The second-order valence-electron chi connectivity index (χ2n) is 10.0. The van der Waals surface area contributed by atoms with Gasteiger partial charge in [0.05, 0.1) is 11.3 Å². The Hall–Kier alpha value is -3.05. The van der Waals surface area contributed by atoms with Crippen molar-refractivity contribution in [2.75, 3.05) is 18.0 Å². The van der Waals surface area contributed by atoms with Crippen molar-refractivity contribution in [2.24, 2.45) is 5.92 Å². The normalized spacial score (nSPS) is 15.3. The predicted molar refractivity (Wildman–Crippen MR) is 142 cm³/mol. The molecule has 1 aliphatic rings. The van der Waals surface area contributed by atoms with Gasteiger partial charge in [0, 0.05) is 13.1 Å². The topological polar surface area (TPSA) is 27.0 Å². The summed E-state index contributed by atoms with van der Waals surface area (Å²) in [5, 5.41) is 12.6. The zero-order chi connectivity index (χ0) is 23.4. The number of allylic oxidation sites excluding steroid dienone is 2. The molecule has 33 heavy (non-hydrogen) atoms. The summed E-state index contributed by atoms with van der Waals surface area (Å²) < 4.78 is 0. The summed E-state index contributed by atoms with van der Waals surface area (Å²) in [6.07, 6.45) is 6.84. The molecular formula is C31H36N2. The maximum atomic E-state index is 10.1. The van der Waals surface area contributed by atoms with Crippen molar-refractivity contribution in [3.63, 3.8) is 0 Å². The molecule has 4 rings (SSSR count). The van der Waals surface area contributed by atoms with Gasteiger partial charge in [-0.2, -0.15) is 5.26 Å². The number of hydrogen-bond acceptors (Lipinski definition) is 2. The SMILES string of the molecule is CC(C)=CCC[C@H](C)c1cc(C#N)c(N2CCC(C)CC2)cc1-c1cccc2ccccc12. The maximum Gasteiger partial charge on any atom is 0.101 e. The molecule has 0 amide bonds. The van der Waals surface area contributed by atoms with Crippen molar-refractivity contribution in [1.29, 1.82) is 5.26 Å². The Bertz CT molecular complexity index is 1180. The van der Waals surface area contributed by atoms with E-state index >= 15 is 0 Å². The summed E-state index contributed by atoms with van der Waals surface area (Å²) in [7, 11) is 0. The number of hydrogen-bond donors (Lipinski definition) is 0. The standard InChI is InChI=1S/C31H36N2/c1-22(2)9-7-10-24(4)29-19-26(21-32)31(33-17-15-23(3)16-18-33)20-30(29)28-14-8-12-25-11-5-6-13-27(25)28/h5-6,8-9,11-14,19-20,23-24H,7,10,15-18H2,1-4H3/t24-/m0/s1. The highest BCUT2D eigenvalue weighted by Crippen LogP contribution is 2.40. The zero-order valence-corrected chi connectivity index (χ0v) is 20.6. The second kappa shape index (κ2) is 10.3. The third-order valence-electron chi connectivity index (χ3n) is 7.18. The van der Waals surface area contributed by atoms with Crippen LogP contribution in [0.15, 0.2) is 66.2 Å². The largest absolute Gasteiger partial charge is 0.370 e. The summed E-state index contributed by atoms with van der Waals surface area (Å²) in [6.45, 7) is 11.0. The van der Waals surface area contributed by atoms with Crippen LogP contribution in [0.25, 0.3) is 21.9 Å². The van der Waals surface area contributed by atoms with Crippen molar-refractivity contribution < 1.29 is 0 Å². The Morgan fingerprint density at radius 1 is 1.06 bits per heavy atom. The van der Waals surface area contributed by atoms with E-state index in [0.717, 1.165) is 43.1 Å². The number of piperidine rings is 1. The molecule has 2 nitrogen and oxygen atoms in total. The lowest BCUT2D eigenvalue weighted by Crippen LogP contribution is -2.33. The van der Waals surface area contributed by atoms with E-state index in [4.69, 9.17) is 0 Å². The van der Waals surface area contributed by atoms with Gasteiger partial charge in [-0.25, -0.2) is 0 Å². The first kappa shape index (κ1) is 23.1. The lowest BCUT2D eigenvalue weighted by atomic mass is 9.85. The molecule has 1 heterocycles. The van der Waals surface area contributed by atoms with Crippen LogP contribution in [0.4, 0.5) is 5.69 Å². The number of anilines is 1. The quantitative estimate of drug-likeness (QED) is 0.362. The van der Waals surface area contributed by atoms with Gasteiger partial charge < -0.3 is 4.90 Å². The molecule has 170 valence electrons. The Kier molecular flexibility index (Phi) is 7.19. The van der Waals surface area contributed by atoms with Crippen LogP contribution in [-0.4, -0.2) is 13.1 Å². The Balaban J connectivity index is 1.86. The summed E-state index contributed by atoms with van der Waals surface area (Å²) in [5.41, 5.74) is 7.13. The molecule has 0 radical (unpaired) electrons. The molecule has 0 saturated carbocycles. The summed E-state index contributed by atoms with van der Waals surface area (Å²) in [4.78, 5) is 2.44. The molecule has 0 aromatic heterocycles. The first-order chi connectivity index (χ1) is 16.0. The molecule has 0 aliphatic carbocycles. The van der Waals surface area contributed by atoms with E-state index in [-0.39, 0.29) is 0 Å². The minimum Gasteiger partial charge on any atom is -0.370 e. The second-order valence-corrected chi connectivity index (χ2v) is 10.0. The Morgan fingerprint density at radius 3 is 2.52 bits per heavy atom. The molecule has 0 spiro atoms. The van der Waals surface area contributed by atoms with E-state index < -0.39 is 0 Å². The predicted octanol–water partition coefficient (Wildman–Crippen LogP) is 8.46. The number of rotatable bonds is 6. The third-order valence-corrected chi connectivity index (χ3v) is 7.18. The van der Waals surface area contributed by atoms with E-state index in [9.17, 15) is 5.26 Å². The van der Waals surface area contributed by atoms with Crippen LogP contribution >= 0.6 is 0 Å².